The molecule has 14 nitrogen and oxygen atoms in total. The average Bonchev–Trinajstić information content (AvgIpc) is 3.35. The molecule has 0 amide bonds. The Kier molecular flexibility index (Phi) is 11.1. The number of carbonyl (C=O) groups excluding carboxylic acids is 1. The summed E-state index contributed by atoms with van der Waals surface area (Å²) in [7, 11) is 6.92. The number of rotatable bonds is 16. The lowest BCUT2D eigenvalue weighted by Crippen LogP contribution is -2.59. The Morgan fingerprint density at radius 2 is 1.91 bits per heavy atom. The number of aliphatic hydroxyl groups is 1. The monoisotopic (exact) mass is 622 g/mol. The third kappa shape index (κ3) is 8.21. The number of carbonyl (C=O) groups is 1. The van der Waals surface area contributed by atoms with Gasteiger partial charge in [-0.25, -0.2) is 18.3 Å². The van der Waals surface area contributed by atoms with Gasteiger partial charge in [0, 0.05) is 0 Å². The summed E-state index contributed by atoms with van der Waals surface area (Å²) in [4.78, 5) is 24.4. The minimum absolute atomic E-state index is 0.0273. The van der Waals surface area contributed by atoms with Gasteiger partial charge in [-0.1, -0.05) is 18.2 Å². The normalized spacial score (nSPS) is 16.3. The van der Waals surface area contributed by atoms with Gasteiger partial charge in [-0.2, -0.15) is 15.1 Å². The molecule has 1 aromatic carbocycles. The van der Waals surface area contributed by atoms with Crippen LogP contribution in [0.3, 0.4) is 0 Å². The van der Waals surface area contributed by atoms with Crippen LogP contribution in [-0.2, 0) is 23.4 Å². The Hall–Kier alpha value is -3.30. The van der Waals surface area contributed by atoms with Crippen LogP contribution < -0.4 is 20.1 Å². The van der Waals surface area contributed by atoms with Crippen LogP contribution in [0.2, 0.25) is 0 Å². The molecule has 2 heterocycles. The quantitative estimate of drug-likeness (QED) is 0.120. The third-order valence-corrected chi connectivity index (χ3v) is 7.23. The SMILES string of the molecule is [B]C([B])(OP(=O)(N[C@@H](C)C(=O)OC(C)C)Oc1ccccc1)[C@](F)(CO)O[C@H](CF)n1cnc2c(OCC)nc(N)nc21. The molecule has 4 radical (unpaired) electrons. The van der Waals surface area contributed by atoms with Crippen LogP contribution in [-0.4, -0.2) is 89.6 Å². The molecule has 0 saturated carbocycles. The van der Waals surface area contributed by atoms with Crippen LogP contribution in [0.25, 0.3) is 11.2 Å². The van der Waals surface area contributed by atoms with Gasteiger partial charge < -0.3 is 29.6 Å². The van der Waals surface area contributed by atoms with Crippen molar-refractivity contribution >= 4 is 46.5 Å². The predicted molar refractivity (Wildman–Crippen MR) is 152 cm³/mol. The second-order valence-corrected chi connectivity index (χ2v) is 11.0. The number of nitrogens with two attached hydrogens (primary N) is 1. The standard InChI is InChI=1S/C24H31B2F2N6O8P/c1-5-38-20-18-19(31-22(29)32-20)34(13-30-18)17(11-27)40-23(28,12-35)24(25,26)42-43(37,41-16-9-7-6-8-10-16)33-15(4)21(36)39-14(2)3/h6-10,13-15,17,35H,5,11-12H2,1-4H3,(H,33,37)(H2,29,31,32)/t15-,17+,23-,43?/m0/s1. The van der Waals surface area contributed by atoms with Crippen molar-refractivity contribution in [1.82, 2.24) is 24.6 Å². The molecule has 1 unspecified atom stereocenters. The van der Waals surface area contributed by atoms with Crippen molar-refractivity contribution in [2.24, 2.45) is 0 Å². The smallest absolute Gasteiger partial charge is 0.458 e. The zero-order chi connectivity index (χ0) is 32.0. The fourth-order valence-electron chi connectivity index (χ4n) is 3.57. The van der Waals surface area contributed by atoms with Gasteiger partial charge in [0.25, 0.3) is 0 Å². The summed E-state index contributed by atoms with van der Waals surface area (Å²) in [6.45, 7) is 3.25. The summed E-state index contributed by atoms with van der Waals surface area (Å²) in [6.07, 6.45) is -1.42. The number of esters is 1. The number of nitrogens with zero attached hydrogens (tertiary/aromatic N) is 4. The number of hydrogen-bond acceptors (Lipinski definition) is 12. The molecular formula is C24H31B2F2N6O8P. The van der Waals surface area contributed by atoms with E-state index in [4.69, 9.17) is 44.7 Å². The van der Waals surface area contributed by atoms with E-state index in [1.165, 1.54) is 31.2 Å². The molecule has 3 aromatic rings. The topological polar surface area (TPSA) is 182 Å². The Morgan fingerprint density at radius 3 is 2.49 bits per heavy atom. The minimum Gasteiger partial charge on any atom is -0.476 e. The number of benzene rings is 1. The van der Waals surface area contributed by atoms with Gasteiger partial charge in [-0.3, -0.25) is 13.9 Å². The van der Waals surface area contributed by atoms with E-state index in [0.29, 0.717) is 0 Å². The van der Waals surface area contributed by atoms with E-state index >= 15 is 4.39 Å². The average molecular weight is 622 g/mol. The van der Waals surface area contributed by atoms with Gasteiger partial charge in [0.05, 0.1) is 24.4 Å². The molecule has 3 rings (SSSR count). The number of alkyl halides is 2. The number of fused-ring (bicyclic) bond motifs is 1. The van der Waals surface area contributed by atoms with E-state index in [-0.39, 0.29) is 35.3 Å². The Morgan fingerprint density at radius 1 is 1.23 bits per heavy atom. The fraction of sp³-hybridized carbons (Fsp3) is 0.500. The molecule has 0 bridgehead atoms. The largest absolute Gasteiger partial charge is 0.476 e. The van der Waals surface area contributed by atoms with E-state index < -0.39 is 56.6 Å². The molecule has 230 valence electrons. The van der Waals surface area contributed by atoms with E-state index in [9.17, 15) is 18.9 Å². The zero-order valence-corrected chi connectivity index (χ0v) is 24.7. The van der Waals surface area contributed by atoms with Gasteiger partial charge in [0.1, 0.15) is 40.8 Å². The number of nitrogen functional groups attached to an aromatic ring is 1. The number of para-hydroxylation sites is 1. The number of imidazole rings is 1. The Bertz CT molecular complexity index is 1440. The number of aliphatic hydroxyl groups excluding tert-OH is 1. The number of nitrogens with one attached hydrogen (secondary N) is 1. The molecule has 19 heteroatoms. The first-order valence-corrected chi connectivity index (χ1v) is 14.5. The van der Waals surface area contributed by atoms with E-state index in [2.05, 4.69) is 20.0 Å². The van der Waals surface area contributed by atoms with E-state index in [1.54, 1.807) is 26.8 Å². The molecule has 4 atom stereocenters. The maximum atomic E-state index is 16.3. The number of ether oxygens (including phenoxy) is 3. The van der Waals surface area contributed by atoms with Gasteiger partial charge in [-0.05, 0) is 39.8 Å². The molecule has 2 aromatic heterocycles. The van der Waals surface area contributed by atoms with Gasteiger partial charge in [0.15, 0.2) is 17.4 Å². The van der Waals surface area contributed by atoms with Crippen molar-refractivity contribution in [1.29, 1.82) is 0 Å². The van der Waals surface area contributed by atoms with Crippen molar-refractivity contribution in [2.75, 3.05) is 25.6 Å². The molecule has 4 N–H and O–H groups in total. The highest BCUT2D eigenvalue weighted by Crippen LogP contribution is 2.50. The lowest BCUT2D eigenvalue weighted by Gasteiger charge is -2.42. The summed E-state index contributed by atoms with van der Waals surface area (Å²) < 4.78 is 71.8. The molecule has 0 saturated heterocycles. The van der Waals surface area contributed by atoms with Crippen LogP contribution >= 0.6 is 7.75 Å². The van der Waals surface area contributed by atoms with E-state index in [1.807, 2.05) is 0 Å². The summed E-state index contributed by atoms with van der Waals surface area (Å²) in [5.41, 5.74) is 5.66. The lowest BCUT2D eigenvalue weighted by molar-refractivity contribution is -0.256. The first-order valence-electron chi connectivity index (χ1n) is 12.9. The maximum Gasteiger partial charge on any atom is 0.458 e. The predicted octanol–water partition coefficient (Wildman–Crippen LogP) is 2.07. The van der Waals surface area contributed by atoms with Gasteiger partial charge >= 0.3 is 13.7 Å². The van der Waals surface area contributed by atoms with Gasteiger partial charge in [-0.15, -0.1) is 0 Å². The Balaban J connectivity index is 1.96. The summed E-state index contributed by atoms with van der Waals surface area (Å²) in [5.74, 6) is -4.88. The summed E-state index contributed by atoms with van der Waals surface area (Å²) in [6, 6.07) is 6.09. The van der Waals surface area contributed by atoms with Crippen molar-refractivity contribution in [2.45, 2.75) is 57.3 Å². The molecule has 0 aliphatic rings. The molecule has 0 spiro atoms. The summed E-state index contributed by atoms with van der Waals surface area (Å²) >= 11 is 0. The fourth-order valence-corrected chi connectivity index (χ4v) is 5.22. The Labute approximate surface area is 249 Å². The molecule has 0 aliphatic carbocycles. The molecule has 0 fully saturated rings. The molecule has 43 heavy (non-hydrogen) atoms. The number of hydrogen-bond donors (Lipinski definition) is 3. The lowest BCUT2D eigenvalue weighted by atomic mass is 9.61. The van der Waals surface area contributed by atoms with Crippen molar-refractivity contribution in [3.8, 4) is 11.6 Å². The minimum atomic E-state index is -4.90. The zero-order valence-electron chi connectivity index (χ0n) is 23.8. The highest BCUT2D eigenvalue weighted by molar-refractivity contribution is 7.52. The van der Waals surface area contributed by atoms with Crippen LogP contribution in [0.15, 0.2) is 36.7 Å². The van der Waals surface area contributed by atoms with Crippen LogP contribution in [0.1, 0.15) is 33.9 Å². The maximum absolute atomic E-state index is 16.3. The van der Waals surface area contributed by atoms with Crippen molar-refractivity contribution < 1.29 is 46.5 Å². The van der Waals surface area contributed by atoms with Crippen LogP contribution in [0.4, 0.5) is 14.7 Å². The highest BCUT2D eigenvalue weighted by Gasteiger charge is 2.53. The second kappa shape index (κ2) is 14.0. The van der Waals surface area contributed by atoms with Crippen molar-refractivity contribution in [3.63, 3.8) is 0 Å². The number of aromatic nitrogens is 4. The van der Waals surface area contributed by atoms with Crippen molar-refractivity contribution in [3.05, 3.63) is 36.7 Å². The first kappa shape index (κ1) is 34.2. The summed E-state index contributed by atoms with van der Waals surface area (Å²) in [5, 5.41) is 8.98. The third-order valence-electron chi connectivity index (χ3n) is 5.54. The number of halogens is 2. The first-order chi connectivity index (χ1) is 20.2. The number of anilines is 1. The highest BCUT2D eigenvalue weighted by atomic mass is 31.2. The second-order valence-electron chi connectivity index (χ2n) is 9.38. The molecular weight excluding hydrogens is 591 g/mol. The van der Waals surface area contributed by atoms with Crippen LogP contribution in [0, 0.1) is 0 Å². The molecule has 0 aliphatic heterocycles. The van der Waals surface area contributed by atoms with E-state index in [0.717, 1.165) is 10.9 Å². The van der Waals surface area contributed by atoms with Gasteiger partial charge in [0.2, 0.25) is 17.7 Å². The van der Waals surface area contributed by atoms with Crippen LogP contribution in [0.5, 0.6) is 11.6 Å².